The first-order chi connectivity index (χ1) is 10.2. The lowest BCUT2D eigenvalue weighted by molar-refractivity contribution is -0.140. The highest BCUT2D eigenvalue weighted by Crippen LogP contribution is 2.12. The molecule has 21 heavy (non-hydrogen) atoms. The third-order valence-electron chi connectivity index (χ3n) is 2.90. The van der Waals surface area contributed by atoms with Crippen LogP contribution in [0, 0.1) is 0 Å². The van der Waals surface area contributed by atoms with Crippen LogP contribution in [0.4, 0.5) is 0 Å². The number of rotatable bonds is 10. The summed E-state index contributed by atoms with van der Waals surface area (Å²) >= 11 is 3.40. The molecule has 0 heterocycles. The van der Waals surface area contributed by atoms with Crippen molar-refractivity contribution in [2.75, 3.05) is 19.8 Å². The maximum absolute atomic E-state index is 11.8. The highest BCUT2D eigenvalue weighted by molar-refractivity contribution is 9.10. The van der Waals surface area contributed by atoms with Gasteiger partial charge in [0, 0.05) is 30.7 Å². The summed E-state index contributed by atoms with van der Waals surface area (Å²) in [7, 11) is 0. The van der Waals surface area contributed by atoms with Gasteiger partial charge in [-0.3, -0.25) is 4.79 Å². The Morgan fingerprint density at radius 3 is 2.62 bits per heavy atom. The zero-order valence-corrected chi connectivity index (χ0v) is 14.3. The van der Waals surface area contributed by atoms with Crippen LogP contribution in [0.2, 0.25) is 0 Å². The summed E-state index contributed by atoms with van der Waals surface area (Å²) in [5, 5.41) is 2.92. The fourth-order valence-corrected chi connectivity index (χ4v) is 2.42. The van der Waals surface area contributed by atoms with Gasteiger partial charge in [-0.25, -0.2) is 0 Å². The van der Waals surface area contributed by atoms with E-state index < -0.39 is 0 Å². The summed E-state index contributed by atoms with van der Waals surface area (Å²) in [6.07, 6.45) is 1.87. The third kappa shape index (κ3) is 8.19. The van der Waals surface area contributed by atoms with Gasteiger partial charge in [-0.2, -0.15) is 0 Å². The number of nitrogens with one attached hydrogen (secondary N) is 1. The van der Waals surface area contributed by atoms with Crippen LogP contribution in [0.15, 0.2) is 28.7 Å². The van der Waals surface area contributed by atoms with Gasteiger partial charge in [0.15, 0.2) is 6.29 Å². The molecule has 1 rings (SSSR count). The first kappa shape index (κ1) is 18.1. The molecule has 1 amide bonds. The van der Waals surface area contributed by atoms with Crippen LogP contribution in [-0.2, 0) is 20.7 Å². The fourth-order valence-electron chi connectivity index (χ4n) is 1.98. The molecule has 0 saturated carbocycles. The van der Waals surface area contributed by atoms with Gasteiger partial charge in [0.25, 0.3) is 0 Å². The average molecular weight is 358 g/mol. The van der Waals surface area contributed by atoms with Crippen LogP contribution in [0.3, 0.4) is 0 Å². The Kier molecular flexibility index (Phi) is 9.30. The molecular formula is C16H24BrNO3. The van der Waals surface area contributed by atoms with Crippen LogP contribution < -0.4 is 5.32 Å². The number of halogens is 1. The van der Waals surface area contributed by atoms with Crippen molar-refractivity contribution >= 4 is 21.8 Å². The van der Waals surface area contributed by atoms with Crippen molar-refractivity contribution in [2.24, 2.45) is 0 Å². The molecule has 0 aliphatic heterocycles. The molecule has 0 aliphatic rings. The Morgan fingerprint density at radius 1 is 1.29 bits per heavy atom. The van der Waals surface area contributed by atoms with Gasteiger partial charge >= 0.3 is 0 Å². The Labute approximate surface area is 135 Å². The molecule has 0 aliphatic carbocycles. The van der Waals surface area contributed by atoms with E-state index in [1.165, 1.54) is 0 Å². The summed E-state index contributed by atoms with van der Waals surface area (Å²) in [6, 6.07) is 7.79. The number of amides is 1. The van der Waals surface area contributed by atoms with Gasteiger partial charge in [0.2, 0.25) is 5.91 Å². The summed E-state index contributed by atoms with van der Waals surface area (Å²) in [4.78, 5) is 11.8. The van der Waals surface area contributed by atoms with E-state index in [1.807, 2.05) is 38.1 Å². The van der Waals surface area contributed by atoms with Crippen molar-refractivity contribution in [3.8, 4) is 0 Å². The average Bonchev–Trinajstić information content (AvgIpc) is 2.44. The van der Waals surface area contributed by atoms with Crippen molar-refractivity contribution in [1.29, 1.82) is 0 Å². The van der Waals surface area contributed by atoms with Crippen LogP contribution in [0.5, 0.6) is 0 Å². The summed E-state index contributed by atoms with van der Waals surface area (Å²) in [5.74, 6) is 0.0393. The second kappa shape index (κ2) is 10.8. The zero-order chi connectivity index (χ0) is 15.5. The summed E-state index contributed by atoms with van der Waals surface area (Å²) in [5.41, 5.74) is 1.00. The minimum atomic E-state index is -0.165. The van der Waals surface area contributed by atoms with Gasteiger partial charge in [-0.05, 0) is 38.0 Å². The number of carbonyl (C=O) groups excluding carboxylic acids is 1. The molecule has 1 N–H and O–H groups in total. The van der Waals surface area contributed by atoms with Gasteiger partial charge in [-0.15, -0.1) is 0 Å². The maximum Gasteiger partial charge on any atom is 0.224 e. The Bertz CT molecular complexity index is 420. The summed E-state index contributed by atoms with van der Waals surface area (Å²) in [6.45, 7) is 5.82. The van der Waals surface area contributed by atoms with E-state index in [0.29, 0.717) is 26.2 Å². The second-order valence-electron chi connectivity index (χ2n) is 4.64. The van der Waals surface area contributed by atoms with Crippen molar-refractivity contribution in [2.45, 2.75) is 39.4 Å². The predicted octanol–water partition coefficient (Wildman–Crippen LogP) is 3.29. The lowest BCUT2D eigenvalue weighted by atomic mass is 10.1. The molecular weight excluding hydrogens is 334 g/mol. The van der Waals surface area contributed by atoms with E-state index in [-0.39, 0.29) is 12.2 Å². The SMILES string of the molecule is CCOC(CCCNC(=O)Cc1cccc(Br)c1)OCC. The van der Waals surface area contributed by atoms with Crippen LogP contribution in [-0.4, -0.2) is 32.0 Å². The minimum absolute atomic E-state index is 0.0393. The predicted molar refractivity (Wildman–Crippen MR) is 87.1 cm³/mol. The smallest absolute Gasteiger partial charge is 0.224 e. The highest BCUT2D eigenvalue weighted by atomic mass is 79.9. The van der Waals surface area contributed by atoms with Crippen LogP contribution >= 0.6 is 15.9 Å². The third-order valence-corrected chi connectivity index (χ3v) is 3.39. The molecule has 4 nitrogen and oxygen atoms in total. The molecule has 0 saturated heterocycles. The fraction of sp³-hybridized carbons (Fsp3) is 0.562. The molecule has 0 spiro atoms. The van der Waals surface area contributed by atoms with Gasteiger partial charge < -0.3 is 14.8 Å². The van der Waals surface area contributed by atoms with Crippen molar-refractivity contribution in [1.82, 2.24) is 5.32 Å². The van der Waals surface area contributed by atoms with E-state index in [4.69, 9.17) is 9.47 Å². The molecule has 0 fully saturated rings. The zero-order valence-electron chi connectivity index (χ0n) is 12.7. The number of hydrogen-bond acceptors (Lipinski definition) is 3. The van der Waals surface area contributed by atoms with Crippen LogP contribution in [0.25, 0.3) is 0 Å². The standard InChI is InChI=1S/C16H24BrNO3/c1-3-20-16(21-4-2)9-6-10-18-15(19)12-13-7-5-8-14(17)11-13/h5,7-8,11,16H,3-4,6,9-10,12H2,1-2H3,(H,18,19). The molecule has 0 radical (unpaired) electrons. The highest BCUT2D eigenvalue weighted by Gasteiger charge is 2.08. The van der Waals surface area contributed by atoms with Crippen molar-refractivity contribution in [3.05, 3.63) is 34.3 Å². The topological polar surface area (TPSA) is 47.6 Å². The Hall–Kier alpha value is -0.910. The monoisotopic (exact) mass is 357 g/mol. The lowest BCUT2D eigenvalue weighted by Gasteiger charge is -2.16. The quantitative estimate of drug-likeness (QED) is 0.516. The number of benzene rings is 1. The molecule has 5 heteroatoms. The van der Waals surface area contributed by atoms with Gasteiger partial charge in [-0.1, -0.05) is 28.1 Å². The van der Waals surface area contributed by atoms with E-state index in [9.17, 15) is 4.79 Å². The molecule has 0 aromatic heterocycles. The van der Waals surface area contributed by atoms with Crippen LogP contribution in [0.1, 0.15) is 32.3 Å². The van der Waals surface area contributed by atoms with E-state index in [0.717, 1.165) is 22.9 Å². The van der Waals surface area contributed by atoms with Crippen molar-refractivity contribution in [3.63, 3.8) is 0 Å². The first-order valence-corrected chi connectivity index (χ1v) is 8.19. The molecule has 1 aromatic rings. The molecule has 1 aromatic carbocycles. The molecule has 0 unspecified atom stereocenters. The number of ether oxygens (including phenoxy) is 2. The molecule has 0 atom stereocenters. The Morgan fingerprint density at radius 2 is 2.00 bits per heavy atom. The van der Waals surface area contributed by atoms with Gasteiger partial charge in [0.1, 0.15) is 0 Å². The Balaban J connectivity index is 2.21. The number of carbonyl (C=O) groups is 1. The summed E-state index contributed by atoms with van der Waals surface area (Å²) < 4.78 is 11.9. The first-order valence-electron chi connectivity index (χ1n) is 7.40. The maximum atomic E-state index is 11.8. The molecule has 118 valence electrons. The van der Waals surface area contributed by atoms with E-state index in [2.05, 4.69) is 21.2 Å². The van der Waals surface area contributed by atoms with E-state index >= 15 is 0 Å². The van der Waals surface area contributed by atoms with E-state index in [1.54, 1.807) is 0 Å². The van der Waals surface area contributed by atoms with Gasteiger partial charge in [0.05, 0.1) is 6.42 Å². The minimum Gasteiger partial charge on any atom is -0.356 e. The number of hydrogen-bond donors (Lipinski definition) is 1. The normalized spacial score (nSPS) is 10.9. The second-order valence-corrected chi connectivity index (χ2v) is 5.55. The largest absolute Gasteiger partial charge is 0.356 e. The van der Waals surface area contributed by atoms with Crippen molar-refractivity contribution < 1.29 is 14.3 Å². The molecule has 0 bridgehead atoms. The lowest BCUT2D eigenvalue weighted by Crippen LogP contribution is -2.27.